The summed E-state index contributed by atoms with van der Waals surface area (Å²) in [5.41, 5.74) is 1.04. The van der Waals surface area contributed by atoms with Crippen LogP contribution in [0.1, 0.15) is 40.0 Å². The Balaban J connectivity index is 1.82. The van der Waals surface area contributed by atoms with E-state index in [1.165, 1.54) is 18.6 Å². The van der Waals surface area contributed by atoms with E-state index in [2.05, 4.69) is 20.3 Å². The molecule has 34 heavy (non-hydrogen) atoms. The molecule has 0 aliphatic heterocycles. The number of nitrogens with zero attached hydrogens (tertiary/aromatic N) is 4. The van der Waals surface area contributed by atoms with Gasteiger partial charge in [0.15, 0.2) is 0 Å². The number of anilines is 1. The fourth-order valence-corrected chi connectivity index (χ4v) is 3.36. The molecule has 0 fully saturated rings. The van der Waals surface area contributed by atoms with E-state index >= 15 is 0 Å². The standard InChI is InChI=1S/C24H23ClF3N5O/c1-15(7-21-12-29-13-22(25)31-21)16-5-4-6-19(9-16)32-23(34)17-8-18(24(26,27)28)11-20(10-17)30-14-33(2)3/h4-6,8-15H,7H2,1-3H3,(H,32,34)/t15-/m1/s1. The van der Waals surface area contributed by atoms with Crippen LogP contribution in [0.15, 0.2) is 59.9 Å². The molecule has 0 aliphatic carbocycles. The lowest BCUT2D eigenvalue weighted by atomic mass is 9.96. The molecule has 1 aromatic heterocycles. The predicted octanol–water partition coefficient (Wildman–Crippen LogP) is 5.97. The summed E-state index contributed by atoms with van der Waals surface area (Å²) >= 11 is 5.90. The van der Waals surface area contributed by atoms with Crippen LogP contribution in [-0.4, -0.2) is 41.2 Å². The number of benzene rings is 2. The van der Waals surface area contributed by atoms with E-state index in [1.54, 1.807) is 43.4 Å². The number of carbonyl (C=O) groups excluding carboxylic acids is 1. The van der Waals surface area contributed by atoms with Gasteiger partial charge in [-0.15, -0.1) is 0 Å². The van der Waals surface area contributed by atoms with E-state index in [9.17, 15) is 18.0 Å². The molecule has 1 N–H and O–H groups in total. The lowest BCUT2D eigenvalue weighted by molar-refractivity contribution is -0.137. The Kier molecular flexibility index (Phi) is 7.88. The molecular formula is C24H23ClF3N5O. The zero-order chi connectivity index (χ0) is 24.9. The van der Waals surface area contributed by atoms with E-state index in [0.29, 0.717) is 17.3 Å². The molecule has 0 aliphatic rings. The maximum atomic E-state index is 13.4. The number of carbonyl (C=O) groups is 1. The summed E-state index contributed by atoms with van der Waals surface area (Å²) in [6.07, 6.45) is 0.421. The second-order valence-corrected chi connectivity index (χ2v) is 8.38. The molecule has 6 nitrogen and oxygen atoms in total. The molecule has 3 rings (SSSR count). The first-order valence-corrected chi connectivity index (χ1v) is 10.7. The number of aliphatic imine (C=N–C) groups is 1. The van der Waals surface area contributed by atoms with Crippen molar-refractivity contribution < 1.29 is 18.0 Å². The van der Waals surface area contributed by atoms with Crippen molar-refractivity contribution in [3.8, 4) is 0 Å². The highest BCUT2D eigenvalue weighted by molar-refractivity contribution is 6.29. The highest BCUT2D eigenvalue weighted by atomic mass is 35.5. The maximum Gasteiger partial charge on any atom is 0.416 e. The van der Waals surface area contributed by atoms with Gasteiger partial charge in [0.2, 0.25) is 0 Å². The second-order valence-electron chi connectivity index (χ2n) is 7.99. The van der Waals surface area contributed by atoms with Crippen molar-refractivity contribution in [1.29, 1.82) is 0 Å². The van der Waals surface area contributed by atoms with E-state index in [4.69, 9.17) is 11.6 Å². The van der Waals surface area contributed by atoms with Crippen LogP contribution in [0.2, 0.25) is 5.15 Å². The third-order valence-electron chi connectivity index (χ3n) is 4.83. The zero-order valence-electron chi connectivity index (χ0n) is 18.8. The Hall–Kier alpha value is -3.46. The Morgan fingerprint density at radius 3 is 2.65 bits per heavy atom. The maximum absolute atomic E-state index is 13.4. The number of amides is 1. The quantitative estimate of drug-likeness (QED) is 0.328. The highest BCUT2D eigenvalue weighted by Crippen LogP contribution is 2.33. The number of hydrogen-bond acceptors (Lipinski definition) is 4. The van der Waals surface area contributed by atoms with Gasteiger partial charge in [0.1, 0.15) is 5.15 Å². The normalized spacial score (nSPS) is 12.6. The Bertz CT molecular complexity index is 1200. The fraction of sp³-hybridized carbons (Fsp3) is 0.250. The number of nitrogens with one attached hydrogen (secondary N) is 1. The minimum atomic E-state index is -4.61. The van der Waals surface area contributed by atoms with Gasteiger partial charge < -0.3 is 10.2 Å². The van der Waals surface area contributed by atoms with Crippen LogP contribution in [0.4, 0.5) is 24.5 Å². The summed E-state index contributed by atoms with van der Waals surface area (Å²) in [7, 11) is 3.38. The average Bonchev–Trinajstić information content (AvgIpc) is 2.77. The van der Waals surface area contributed by atoms with Gasteiger partial charge in [-0.25, -0.2) is 9.98 Å². The van der Waals surface area contributed by atoms with Crippen LogP contribution in [0.5, 0.6) is 0 Å². The number of rotatable bonds is 7. The van der Waals surface area contributed by atoms with Crippen molar-refractivity contribution in [2.45, 2.75) is 25.4 Å². The zero-order valence-corrected chi connectivity index (χ0v) is 19.5. The van der Waals surface area contributed by atoms with Crippen molar-refractivity contribution in [2.24, 2.45) is 4.99 Å². The van der Waals surface area contributed by atoms with Crippen molar-refractivity contribution >= 4 is 35.2 Å². The van der Waals surface area contributed by atoms with Gasteiger partial charge in [-0.3, -0.25) is 9.78 Å². The molecule has 1 heterocycles. The van der Waals surface area contributed by atoms with E-state index < -0.39 is 17.6 Å². The van der Waals surface area contributed by atoms with Gasteiger partial charge in [0.25, 0.3) is 5.91 Å². The van der Waals surface area contributed by atoms with Crippen LogP contribution in [-0.2, 0) is 12.6 Å². The molecule has 0 spiro atoms. The molecule has 0 saturated heterocycles. The second kappa shape index (κ2) is 10.6. The summed E-state index contributed by atoms with van der Waals surface area (Å²) in [6, 6.07) is 10.1. The van der Waals surface area contributed by atoms with Crippen LogP contribution in [0.25, 0.3) is 0 Å². The van der Waals surface area contributed by atoms with Gasteiger partial charge in [0.05, 0.1) is 29.5 Å². The Labute approximate surface area is 200 Å². The fourth-order valence-electron chi connectivity index (χ4n) is 3.20. The topological polar surface area (TPSA) is 70.5 Å². The van der Waals surface area contributed by atoms with E-state index in [-0.39, 0.29) is 17.2 Å². The lowest BCUT2D eigenvalue weighted by Gasteiger charge is -2.14. The smallest absolute Gasteiger partial charge is 0.369 e. The van der Waals surface area contributed by atoms with Gasteiger partial charge in [0, 0.05) is 31.5 Å². The summed E-state index contributed by atoms with van der Waals surface area (Å²) in [5.74, 6) is -0.636. The first-order chi connectivity index (χ1) is 16.0. The van der Waals surface area contributed by atoms with Crippen molar-refractivity contribution in [1.82, 2.24) is 14.9 Å². The summed E-state index contributed by atoms with van der Waals surface area (Å²) in [5, 5.41) is 2.99. The lowest BCUT2D eigenvalue weighted by Crippen LogP contribution is -2.14. The largest absolute Gasteiger partial charge is 0.416 e. The molecule has 2 aromatic carbocycles. The molecule has 1 atom stereocenters. The Morgan fingerprint density at radius 1 is 1.21 bits per heavy atom. The predicted molar refractivity (Wildman–Crippen MR) is 127 cm³/mol. The van der Waals surface area contributed by atoms with Crippen LogP contribution >= 0.6 is 11.6 Å². The molecule has 1 amide bonds. The van der Waals surface area contributed by atoms with Crippen molar-refractivity contribution in [3.63, 3.8) is 0 Å². The van der Waals surface area contributed by atoms with Gasteiger partial charge >= 0.3 is 6.18 Å². The van der Waals surface area contributed by atoms with Gasteiger partial charge in [-0.05, 0) is 48.2 Å². The van der Waals surface area contributed by atoms with Gasteiger partial charge in [-0.2, -0.15) is 13.2 Å². The Morgan fingerprint density at radius 2 is 1.97 bits per heavy atom. The molecule has 178 valence electrons. The molecule has 0 unspecified atom stereocenters. The monoisotopic (exact) mass is 489 g/mol. The van der Waals surface area contributed by atoms with Crippen molar-refractivity contribution in [3.05, 3.63) is 82.4 Å². The SMILES string of the molecule is C[C@H](Cc1cncc(Cl)n1)c1cccc(NC(=O)c2cc(N=CN(C)C)cc(C(F)(F)F)c2)c1. The van der Waals surface area contributed by atoms with Crippen LogP contribution in [0, 0.1) is 0 Å². The molecule has 3 aromatic rings. The number of alkyl halides is 3. The molecule has 0 radical (unpaired) electrons. The van der Waals surface area contributed by atoms with E-state index in [1.807, 2.05) is 13.0 Å². The molecule has 10 heteroatoms. The first kappa shape index (κ1) is 25.2. The van der Waals surface area contributed by atoms with Crippen LogP contribution in [0.3, 0.4) is 0 Å². The highest BCUT2D eigenvalue weighted by Gasteiger charge is 2.32. The minimum Gasteiger partial charge on any atom is -0.369 e. The van der Waals surface area contributed by atoms with Gasteiger partial charge in [-0.1, -0.05) is 30.7 Å². The van der Waals surface area contributed by atoms with Crippen molar-refractivity contribution in [2.75, 3.05) is 19.4 Å². The number of hydrogen-bond donors (Lipinski definition) is 1. The first-order valence-electron chi connectivity index (χ1n) is 10.3. The average molecular weight is 490 g/mol. The molecule has 0 bridgehead atoms. The molecule has 0 saturated carbocycles. The number of aromatic nitrogens is 2. The third-order valence-corrected chi connectivity index (χ3v) is 5.01. The minimum absolute atomic E-state index is 0.0266. The summed E-state index contributed by atoms with van der Waals surface area (Å²) in [6.45, 7) is 1.99. The number of halogens is 4. The third kappa shape index (κ3) is 7.02. The summed E-state index contributed by atoms with van der Waals surface area (Å²) < 4.78 is 40.1. The van der Waals surface area contributed by atoms with Crippen LogP contribution < -0.4 is 5.32 Å². The summed E-state index contributed by atoms with van der Waals surface area (Å²) in [4.78, 5) is 26.7. The van der Waals surface area contributed by atoms with E-state index in [0.717, 1.165) is 23.4 Å². The molecular weight excluding hydrogens is 467 g/mol.